The summed E-state index contributed by atoms with van der Waals surface area (Å²) >= 11 is 2.18. The number of benzene rings is 1. The van der Waals surface area contributed by atoms with E-state index in [0.717, 1.165) is 9.13 Å². The molecule has 0 aliphatic carbocycles. The van der Waals surface area contributed by atoms with Gasteiger partial charge >= 0.3 is 5.97 Å². The van der Waals surface area contributed by atoms with E-state index in [1.54, 1.807) is 0 Å². The first-order valence-electron chi connectivity index (χ1n) is 5.77. The normalized spacial score (nSPS) is 10.0. The van der Waals surface area contributed by atoms with Gasteiger partial charge in [0.15, 0.2) is 11.5 Å². The third kappa shape index (κ3) is 4.04. The van der Waals surface area contributed by atoms with Crippen LogP contribution in [0.5, 0.6) is 11.5 Å². The van der Waals surface area contributed by atoms with Gasteiger partial charge in [-0.05, 0) is 54.1 Å². The minimum atomic E-state index is -0.264. The molecule has 1 aromatic rings. The highest BCUT2D eigenvalue weighted by Gasteiger charge is 2.13. The summed E-state index contributed by atoms with van der Waals surface area (Å²) in [6.45, 7) is 4.96. The Morgan fingerprint density at radius 2 is 1.72 bits per heavy atom. The van der Waals surface area contributed by atoms with Crippen LogP contribution in [0.2, 0.25) is 0 Å². The first-order chi connectivity index (χ1) is 8.62. The van der Waals surface area contributed by atoms with Crippen LogP contribution in [0.25, 0.3) is 0 Å². The molecule has 100 valence electrons. The molecular formula is C13H17IO4. The number of rotatable bonds is 6. The average Bonchev–Trinajstić information content (AvgIpc) is 2.35. The molecule has 0 unspecified atom stereocenters. The van der Waals surface area contributed by atoms with Gasteiger partial charge in [-0.2, -0.15) is 0 Å². The molecule has 0 aliphatic heterocycles. The van der Waals surface area contributed by atoms with Gasteiger partial charge in [0.2, 0.25) is 0 Å². The Morgan fingerprint density at radius 3 is 2.22 bits per heavy atom. The number of esters is 1. The maximum absolute atomic E-state index is 11.3. The molecule has 0 aromatic heterocycles. The molecule has 0 heterocycles. The van der Waals surface area contributed by atoms with E-state index in [0.29, 0.717) is 24.7 Å². The number of hydrogen-bond acceptors (Lipinski definition) is 4. The Morgan fingerprint density at radius 1 is 1.17 bits per heavy atom. The van der Waals surface area contributed by atoms with Gasteiger partial charge in [-0.15, -0.1) is 0 Å². The summed E-state index contributed by atoms with van der Waals surface area (Å²) in [6, 6.07) is 3.72. The molecule has 0 fully saturated rings. The van der Waals surface area contributed by atoms with E-state index < -0.39 is 0 Å². The highest BCUT2D eigenvalue weighted by molar-refractivity contribution is 14.1. The highest BCUT2D eigenvalue weighted by atomic mass is 127. The van der Waals surface area contributed by atoms with Crippen molar-refractivity contribution in [3.8, 4) is 11.5 Å². The van der Waals surface area contributed by atoms with Crippen LogP contribution in [0.3, 0.4) is 0 Å². The molecule has 0 spiro atoms. The number of methoxy groups -OCH3 is 1. The number of hydrogen-bond donors (Lipinski definition) is 0. The van der Waals surface area contributed by atoms with Gasteiger partial charge in [-0.3, -0.25) is 4.79 Å². The molecule has 0 saturated heterocycles. The second kappa shape index (κ2) is 7.45. The van der Waals surface area contributed by atoms with E-state index >= 15 is 0 Å². The molecule has 0 bridgehead atoms. The molecule has 0 radical (unpaired) electrons. The summed E-state index contributed by atoms with van der Waals surface area (Å²) in [7, 11) is 1.38. The Hall–Kier alpha value is -0.980. The molecule has 4 nitrogen and oxygen atoms in total. The zero-order chi connectivity index (χ0) is 13.5. The quantitative estimate of drug-likeness (QED) is 0.575. The molecule has 0 N–H and O–H groups in total. The summed E-state index contributed by atoms with van der Waals surface area (Å²) in [6.07, 6.45) is 0.237. The lowest BCUT2D eigenvalue weighted by Gasteiger charge is -2.13. The summed E-state index contributed by atoms with van der Waals surface area (Å²) in [4.78, 5) is 11.3. The van der Waals surface area contributed by atoms with E-state index in [4.69, 9.17) is 9.47 Å². The van der Waals surface area contributed by atoms with Gasteiger partial charge in [0.25, 0.3) is 0 Å². The first kappa shape index (κ1) is 15.1. The van der Waals surface area contributed by atoms with Gasteiger partial charge in [-0.25, -0.2) is 0 Å². The van der Waals surface area contributed by atoms with Crippen molar-refractivity contribution in [1.82, 2.24) is 0 Å². The third-order valence-electron chi connectivity index (χ3n) is 2.27. The van der Waals surface area contributed by atoms with Crippen LogP contribution in [0.15, 0.2) is 12.1 Å². The average molecular weight is 364 g/mol. The molecule has 0 atom stereocenters. The standard InChI is InChI=1S/C13H17IO4/c1-4-17-11-6-9(7-13(15)16-3)10(14)8-12(11)18-5-2/h6,8H,4-5,7H2,1-3H3. The summed E-state index contributed by atoms with van der Waals surface area (Å²) in [5, 5.41) is 0. The number of carbonyl (C=O) groups is 1. The van der Waals surface area contributed by atoms with Gasteiger partial charge in [0.1, 0.15) is 0 Å². The van der Waals surface area contributed by atoms with Crippen molar-refractivity contribution in [3.05, 3.63) is 21.3 Å². The van der Waals surface area contributed by atoms with Crippen molar-refractivity contribution in [2.75, 3.05) is 20.3 Å². The number of carbonyl (C=O) groups excluding carboxylic acids is 1. The smallest absolute Gasteiger partial charge is 0.310 e. The predicted octanol–water partition coefficient (Wildman–Crippen LogP) is 2.80. The topological polar surface area (TPSA) is 44.8 Å². The van der Waals surface area contributed by atoms with Crippen molar-refractivity contribution in [3.63, 3.8) is 0 Å². The van der Waals surface area contributed by atoms with Crippen LogP contribution in [0.4, 0.5) is 0 Å². The Bertz CT molecular complexity index is 418. The van der Waals surface area contributed by atoms with E-state index in [2.05, 4.69) is 27.3 Å². The molecule has 0 saturated carbocycles. The second-order valence-corrected chi connectivity index (χ2v) is 4.67. The first-order valence-corrected chi connectivity index (χ1v) is 6.85. The minimum Gasteiger partial charge on any atom is -0.490 e. The molecule has 0 amide bonds. The Kier molecular flexibility index (Phi) is 6.24. The van der Waals surface area contributed by atoms with Crippen LogP contribution >= 0.6 is 22.6 Å². The lowest BCUT2D eigenvalue weighted by molar-refractivity contribution is -0.139. The van der Waals surface area contributed by atoms with E-state index in [1.807, 2.05) is 26.0 Å². The summed E-state index contributed by atoms with van der Waals surface area (Å²) in [5.41, 5.74) is 0.884. The van der Waals surface area contributed by atoms with Gasteiger partial charge in [0, 0.05) is 3.57 Å². The molecular weight excluding hydrogens is 347 g/mol. The molecule has 18 heavy (non-hydrogen) atoms. The maximum atomic E-state index is 11.3. The fourth-order valence-electron chi connectivity index (χ4n) is 1.48. The van der Waals surface area contributed by atoms with Crippen LogP contribution < -0.4 is 9.47 Å². The number of halogens is 1. The SMILES string of the molecule is CCOc1cc(I)c(CC(=O)OC)cc1OCC. The lowest BCUT2D eigenvalue weighted by Crippen LogP contribution is -2.07. The van der Waals surface area contributed by atoms with Crippen LogP contribution in [-0.4, -0.2) is 26.3 Å². The summed E-state index contributed by atoms with van der Waals surface area (Å²) in [5.74, 6) is 1.11. The fourth-order valence-corrected chi connectivity index (χ4v) is 2.11. The number of ether oxygens (including phenoxy) is 3. The van der Waals surface area contributed by atoms with Crippen molar-refractivity contribution in [1.29, 1.82) is 0 Å². The third-order valence-corrected chi connectivity index (χ3v) is 3.28. The highest BCUT2D eigenvalue weighted by Crippen LogP contribution is 2.32. The fraction of sp³-hybridized carbons (Fsp3) is 0.462. The zero-order valence-electron chi connectivity index (χ0n) is 10.8. The van der Waals surface area contributed by atoms with E-state index in [-0.39, 0.29) is 12.4 Å². The zero-order valence-corrected chi connectivity index (χ0v) is 12.9. The Labute approximate surface area is 121 Å². The molecule has 1 aromatic carbocycles. The van der Waals surface area contributed by atoms with E-state index in [9.17, 15) is 4.79 Å². The van der Waals surface area contributed by atoms with Gasteiger partial charge in [-0.1, -0.05) is 0 Å². The van der Waals surface area contributed by atoms with Crippen molar-refractivity contribution in [2.24, 2.45) is 0 Å². The van der Waals surface area contributed by atoms with Crippen LogP contribution in [0, 0.1) is 3.57 Å². The second-order valence-electron chi connectivity index (χ2n) is 3.51. The summed E-state index contributed by atoms with van der Waals surface area (Å²) < 4.78 is 16.7. The lowest BCUT2D eigenvalue weighted by atomic mass is 10.1. The van der Waals surface area contributed by atoms with Crippen molar-refractivity contribution >= 4 is 28.6 Å². The molecule has 5 heteroatoms. The molecule has 1 rings (SSSR count). The van der Waals surface area contributed by atoms with E-state index in [1.165, 1.54) is 7.11 Å². The van der Waals surface area contributed by atoms with Crippen LogP contribution in [-0.2, 0) is 16.0 Å². The van der Waals surface area contributed by atoms with Gasteiger partial charge in [0.05, 0.1) is 26.7 Å². The maximum Gasteiger partial charge on any atom is 0.310 e. The van der Waals surface area contributed by atoms with Gasteiger partial charge < -0.3 is 14.2 Å². The molecule has 0 aliphatic rings. The van der Waals surface area contributed by atoms with Crippen molar-refractivity contribution in [2.45, 2.75) is 20.3 Å². The van der Waals surface area contributed by atoms with Crippen molar-refractivity contribution < 1.29 is 19.0 Å². The Balaban J connectivity index is 3.05. The minimum absolute atomic E-state index is 0.237. The van der Waals surface area contributed by atoms with Crippen LogP contribution in [0.1, 0.15) is 19.4 Å². The predicted molar refractivity (Wildman–Crippen MR) is 77.2 cm³/mol. The largest absolute Gasteiger partial charge is 0.490 e. The monoisotopic (exact) mass is 364 g/mol.